The van der Waals surface area contributed by atoms with Gasteiger partial charge in [-0.3, -0.25) is 4.79 Å². The molecule has 1 saturated heterocycles. The van der Waals surface area contributed by atoms with Gasteiger partial charge in [0.25, 0.3) is 0 Å². The standard InChI is InChI=1S/C14H17NO2/c1-2-11-9-14(17)15(10-11)8-7-12-5-3-4-6-13(12)16/h2-6,11,16H,1,7-10H2. The first-order valence-corrected chi connectivity index (χ1v) is 5.88. The third-order valence-corrected chi connectivity index (χ3v) is 3.22. The molecule has 1 aliphatic rings. The Hall–Kier alpha value is -1.77. The summed E-state index contributed by atoms with van der Waals surface area (Å²) in [5.41, 5.74) is 0.891. The third-order valence-electron chi connectivity index (χ3n) is 3.22. The highest BCUT2D eigenvalue weighted by Gasteiger charge is 2.26. The van der Waals surface area contributed by atoms with Gasteiger partial charge >= 0.3 is 0 Å². The number of aromatic hydroxyl groups is 1. The number of likely N-dealkylation sites (tertiary alicyclic amines) is 1. The molecule has 1 aliphatic heterocycles. The molecular formula is C14H17NO2. The van der Waals surface area contributed by atoms with Crippen molar-refractivity contribution in [3.8, 4) is 5.75 Å². The van der Waals surface area contributed by atoms with Crippen LogP contribution in [0.2, 0.25) is 0 Å². The molecule has 1 atom stereocenters. The highest BCUT2D eigenvalue weighted by atomic mass is 16.3. The molecule has 1 aromatic rings. The van der Waals surface area contributed by atoms with Crippen molar-refractivity contribution in [2.45, 2.75) is 12.8 Å². The van der Waals surface area contributed by atoms with E-state index in [9.17, 15) is 9.90 Å². The van der Waals surface area contributed by atoms with Crippen LogP contribution in [0.25, 0.3) is 0 Å². The molecule has 1 amide bonds. The van der Waals surface area contributed by atoms with Gasteiger partial charge in [-0.15, -0.1) is 6.58 Å². The summed E-state index contributed by atoms with van der Waals surface area (Å²) in [7, 11) is 0. The molecule has 3 nitrogen and oxygen atoms in total. The number of phenols is 1. The molecule has 17 heavy (non-hydrogen) atoms. The number of para-hydroxylation sites is 1. The minimum Gasteiger partial charge on any atom is -0.508 e. The molecule has 90 valence electrons. The lowest BCUT2D eigenvalue weighted by Gasteiger charge is -2.16. The number of benzene rings is 1. The quantitative estimate of drug-likeness (QED) is 0.805. The topological polar surface area (TPSA) is 40.5 Å². The van der Waals surface area contributed by atoms with Crippen molar-refractivity contribution in [2.24, 2.45) is 5.92 Å². The smallest absolute Gasteiger partial charge is 0.223 e. The second-order valence-corrected chi connectivity index (χ2v) is 4.42. The Labute approximate surface area is 101 Å². The Morgan fingerprint density at radius 2 is 2.24 bits per heavy atom. The number of hydrogen-bond donors (Lipinski definition) is 1. The van der Waals surface area contributed by atoms with Crippen LogP contribution in [-0.2, 0) is 11.2 Å². The maximum atomic E-state index is 11.7. The molecule has 0 aliphatic carbocycles. The lowest BCUT2D eigenvalue weighted by Crippen LogP contribution is -2.27. The number of carbonyl (C=O) groups excluding carboxylic acids is 1. The van der Waals surface area contributed by atoms with Crippen LogP contribution >= 0.6 is 0 Å². The zero-order chi connectivity index (χ0) is 12.3. The number of phenolic OH excluding ortho intramolecular Hbond substituents is 1. The Balaban J connectivity index is 1.93. The van der Waals surface area contributed by atoms with Gasteiger partial charge < -0.3 is 10.0 Å². The molecule has 0 bridgehead atoms. The predicted molar refractivity (Wildman–Crippen MR) is 66.7 cm³/mol. The van der Waals surface area contributed by atoms with Gasteiger partial charge in [-0.2, -0.15) is 0 Å². The van der Waals surface area contributed by atoms with E-state index in [2.05, 4.69) is 6.58 Å². The molecule has 1 N–H and O–H groups in total. The summed E-state index contributed by atoms with van der Waals surface area (Å²) in [6, 6.07) is 7.26. The molecule has 1 fully saturated rings. The van der Waals surface area contributed by atoms with Crippen LogP contribution in [0.3, 0.4) is 0 Å². The van der Waals surface area contributed by atoms with Gasteiger partial charge in [0.15, 0.2) is 0 Å². The van der Waals surface area contributed by atoms with E-state index in [-0.39, 0.29) is 11.8 Å². The summed E-state index contributed by atoms with van der Waals surface area (Å²) < 4.78 is 0. The summed E-state index contributed by atoms with van der Waals surface area (Å²) in [4.78, 5) is 13.5. The van der Waals surface area contributed by atoms with Gasteiger partial charge in [-0.1, -0.05) is 24.3 Å². The fourth-order valence-electron chi connectivity index (χ4n) is 2.15. The van der Waals surface area contributed by atoms with Crippen LogP contribution in [0.1, 0.15) is 12.0 Å². The summed E-state index contributed by atoms with van der Waals surface area (Å²) in [6.45, 7) is 5.15. The Morgan fingerprint density at radius 1 is 1.47 bits per heavy atom. The van der Waals surface area contributed by atoms with Crippen molar-refractivity contribution in [3.63, 3.8) is 0 Å². The van der Waals surface area contributed by atoms with E-state index in [1.165, 1.54) is 0 Å². The Bertz CT molecular complexity index is 428. The lowest BCUT2D eigenvalue weighted by atomic mass is 10.1. The monoisotopic (exact) mass is 231 g/mol. The fraction of sp³-hybridized carbons (Fsp3) is 0.357. The molecule has 0 radical (unpaired) electrons. The zero-order valence-electron chi connectivity index (χ0n) is 9.80. The van der Waals surface area contributed by atoms with E-state index in [4.69, 9.17) is 0 Å². The van der Waals surface area contributed by atoms with Crippen molar-refractivity contribution >= 4 is 5.91 Å². The zero-order valence-corrected chi connectivity index (χ0v) is 9.80. The summed E-state index contributed by atoms with van der Waals surface area (Å²) in [5.74, 6) is 0.775. The van der Waals surface area contributed by atoms with Gasteiger partial charge in [0, 0.05) is 25.4 Å². The highest BCUT2D eigenvalue weighted by Crippen LogP contribution is 2.21. The molecule has 0 spiro atoms. The van der Waals surface area contributed by atoms with Crippen molar-refractivity contribution < 1.29 is 9.90 Å². The maximum absolute atomic E-state index is 11.7. The minimum absolute atomic E-state index is 0.185. The van der Waals surface area contributed by atoms with Crippen LogP contribution in [0, 0.1) is 5.92 Å². The highest BCUT2D eigenvalue weighted by molar-refractivity contribution is 5.79. The van der Waals surface area contributed by atoms with Gasteiger partial charge in [0.2, 0.25) is 5.91 Å². The van der Waals surface area contributed by atoms with Gasteiger partial charge in [-0.25, -0.2) is 0 Å². The van der Waals surface area contributed by atoms with Crippen molar-refractivity contribution in [1.82, 2.24) is 4.90 Å². The minimum atomic E-state index is 0.185. The van der Waals surface area contributed by atoms with Gasteiger partial charge in [0.05, 0.1) is 0 Å². The summed E-state index contributed by atoms with van der Waals surface area (Å²) >= 11 is 0. The van der Waals surface area contributed by atoms with Crippen molar-refractivity contribution in [3.05, 3.63) is 42.5 Å². The molecular weight excluding hydrogens is 214 g/mol. The lowest BCUT2D eigenvalue weighted by molar-refractivity contribution is -0.127. The van der Waals surface area contributed by atoms with Crippen LogP contribution in [0.15, 0.2) is 36.9 Å². The first kappa shape index (κ1) is 11.7. The number of rotatable bonds is 4. The first-order chi connectivity index (χ1) is 8.20. The van der Waals surface area contributed by atoms with Crippen LogP contribution in [0.4, 0.5) is 0 Å². The Kier molecular flexibility index (Phi) is 3.47. The average Bonchev–Trinajstić information content (AvgIpc) is 2.69. The van der Waals surface area contributed by atoms with Crippen molar-refractivity contribution in [1.29, 1.82) is 0 Å². The second-order valence-electron chi connectivity index (χ2n) is 4.42. The summed E-state index contributed by atoms with van der Waals surface area (Å²) in [5, 5.41) is 9.63. The largest absolute Gasteiger partial charge is 0.508 e. The number of nitrogens with zero attached hydrogens (tertiary/aromatic N) is 1. The van der Waals surface area contributed by atoms with Crippen LogP contribution < -0.4 is 0 Å². The van der Waals surface area contributed by atoms with Gasteiger partial charge in [-0.05, 0) is 18.1 Å². The second kappa shape index (κ2) is 5.04. The third kappa shape index (κ3) is 2.67. The predicted octanol–water partition coefficient (Wildman–Crippen LogP) is 1.97. The first-order valence-electron chi connectivity index (χ1n) is 5.88. The molecule has 3 heteroatoms. The summed E-state index contributed by atoms with van der Waals surface area (Å²) in [6.07, 6.45) is 3.12. The molecule has 0 saturated carbocycles. The SMILES string of the molecule is C=CC1CC(=O)N(CCc2ccccc2O)C1. The van der Waals surface area contributed by atoms with E-state index < -0.39 is 0 Å². The Morgan fingerprint density at radius 3 is 2.88 bits per heavy atom. The van der Waals surface area contributed by atoms with Crippen LogP contribution in [-0.4, -0.2) is 29.0 Å². The number of carbonyl (C=O) groups is 1. The average molecular weight is 231 g/mol. The van der Waals surface area contributed by atoms with E-state index in [1.807, 2.05) is 23.1 Å². The molecule has 0 aromatic heterocycles. The van der Waals surface area contributed by atoms with E-state index >= 15 is 0 Å². The number of hydrogen-bond acceptors (Lipinski definition) is 2. The molecule has 2 rings (SSSR count). The van der Waals surface area contributed by atoms with Crippen LogP contribution in [0.5, 0.6) is 5.75 Å². The van der Waals surface area contributed by atoms with E-state index in [0.29, 0.717) is 25.1 Å². The fourth-order valence-corrected chi connectivity index (χ4v) is 2.15. The van der Waals surface area contributed by atoms with E-state index in [0.717, 1.165) is 12.1 Å². The molecule has 1 heterocycles. The van der Waals surface area contributed by atoms with Crippen molar-refractivity contribution in [2.75, 3.05) is 13.1 Å². The number of amides is 1. The van der Waals surface area contributed by atoms with E-state index in [1.54, 1.807) is 12.1 Å². The maximum Gasteiger partial charge on any atom is 0.223 e. The molecule has 1 aromatic carbocycles. The van der Waals surface area contributed by atoms with Gasteiger partial charge in [0.1, 0.15) is 5.75 Å². The molecule has 1 unspecified atom stereocenters. The normalized spacial score (nSPS) is 19.6.